The molecule has 0 aliphatic carbocycles. The van der Waals surface area contributed by atoms with E-state index in [1.807, 2.05) is 25.1 Å². The van der Waals surface area contributed by atoms with Gasteiger partial charge in [-0.2, -0.15) is 0 Å². The maximum Gasteiger partial charge on any atom is 0.224 e. The number of rotatable bonds is 6. The van der Waals surface area contributed by atoms with Gasteiger partial charge in [0.15, 0.2) is 0 Å². The topological polar surface area (TPSA) is 55.1 Å². The number of hydrogen-bond acceptors (Lipinski definition) is 3. The van der Waals surface area contributed by atoms with Crippen molar-refractivity contribution < 1.29 is 4.79 Å². The van der Waals surface area contributed by atoms with Crippen molar-refractivity contribution in [2.24, 2.45) is 11.7 Å². The van der Waals surface area contributed by atoms with Crippen LogP contribution >= 0.6 is 23.7 Å². The van der Waals surface area contributed by atoms with Crippen molar-refractivity contribution in [2.75, 3.05) is 6.54 Å². The standard InChI is InChI=1S/C17H22N2OS.ClH/c1-12-8-9-21-16(12)15(19-17(20)13(2)11-18)10-14-6-4-3-5-7-14;/h3-9,13,15H,10-11,18H2,1-2H3,(H,19,20);1H. The first-order valence-electron chi connectivity index (χ1n) is 7.20. The van der Waals surface area contributed by atoms with Crippen molar-refractivity contribution in [1.82, 2.24) is 5.32 Å². The molecule has 3 nitrogen and oxygen atoms in total. The first-order chi connectivity index (χ1) is 10.1. The molecule has 22 heavy (non-hydrogen) atoms. The molecule has 120 valence electrons. The molecule has 0 saturated carbocycles. The zero-order chi connectivity index (χ0) is 15.2. The molecule has 0 aliphatic heterocycles. The molecule has 1 aromatic carbocycles. The van der Waals surface area contributed by atoms with E-state index < -0.39 is 0 Å². The Morgan fingerprint density at radius 3 is 2.50 bits per heavy atom. The van der Waals surface area contributed by atoms with Gasteiger partial charge in [0.25, 0.3) is 0 Å². The number of halogens is 1. The molecular formula is C17H23ClN2OS. The molecule has 0 bridgehead atoms. The summed E-state index contributed by atoms with van der Waals surface area (Å²) in [7, 11) is 0. The zero-order valence-electron chi connectivity index (χ0n) is 12.9. The van der Waals surface area contributed by atoms with Gasteiger partial charge in [-0.3, -0.25) is 4.79 Å². The van der Waals surface area contributed by atoms with E-state index in [1.165, 1.54) is 16.0 Å². The summed E-state index contributed by atoms with van der Waals surface area (Å²) < 4.78 is 0. The third-order valence-corrected chi connectivity index (χ3v) is 4.75. The third-order valence-electron chi connectivity index (χ3n) is 3.62. The molecule has 2 aromatic rings. The summed E-state index contributed by atoms with van der Waals surface area (Å²) in [4.78, 5) is 13.4. The number of nitrogens with two attached hydrogens (primary N) is 1. The second kappa shape index (κ2) is 8.93. The van der Waals surface area contributed by atoms with Crippen LogP contribution in [0.1, 0.15) is 29.0 Å². The van der Waals surface area contributed by atoms with Gasteiger partial charge in [-0.15, -0.1) is 23.7 Å². The molecule has 0 radical (unpaired) electrons. The van der Waals surface area contributed by atoms with Gasteiger partial charge in [-0.25, -0.2) is 0 Å². The normalized spacial score (nSPS) is 13.0. The SMILES string of the molecule is Cc1ccsc1C(Cc1ccccc1)NC(=O)C(C)CN.Cl. The van der Waals surface area contributed by atoms with Crippen LogP contribution in [0.4, 0.5) is 0 Å². The molecular weight excluding hydrogens is 316 g/mol. The van der Waals surface area contributed by atoms with Crippen molar-refractivity contribution in [3.8, 4) is 0 Å². The highest BCUT2D eigenvalue weighted by molar-refractivity contribution is 7.10. The summed E-state index contributed by atoms with van der Waals surface area (Å²) in [6, 6.07) is 12.3. The maximum atomic E-state index is 12.2. The number of thiophene rings is 1. The van der Waals surface area contributed by atoms with Crippen LogP contribution in [0, 0.1) is 12.8 Å². The molecule has 2 atom stereocenters. The highest BCUT2D eigenvalue weighted by Crippen LogP contribution is 2.27. The number of carbonyl (C=O) groups excluding carboxylic acids is 1. The van der Waals surface area contributed by atoms with Crippen LogP contribution in [-0.2, 0) is 11.2 Å². The summed E-state index contributed by atoms with van der Waals surface area (Å²) in [6.07, 6.45) is 0.797. The largest absolute Gasteiger partial charge is 0.348 e. The highest BCUT2D eigenvalue weighted by atomic mass is 35.5. The fourth-order valence-corrected chi connectivity index (χ4v) is 3.20. The number of benzene rings is 1. The molecule has 1 heterocycles. The molecule has 0 saturated heterocycles. The quantitative estimate of drug-likeness (QED) is 0.847. The Morgan fingerprint density at radius 2 is 1.95 bits per heavy atom. The molecule has 2 rings (SSSR count). The lowest BCUT2D eigenvalue weighted by Crippen LogP contribution is -2.36. The average molecular weight is 339 g/mol. The fraction of sp³-hybridized carbons (Fsp3) is 0.353. The van der Waals surface area contributed by atoms with Crippen molar-refractivity contribution in [3.05, 3.63) is 57.8 Å². The third kappa shape index (κ3) is 4.83. The van der Waals surface area contributed by atoms with E-state index in [-0.39, 0.29) is 30.3 Å². The molecule has 5 heteroatoms. The lowest BCUT2D eigenvalue weighted by atomic mass is 10.0. The Kier molecular flexibility index (Phi) is 7.59. The molecule has 0 fully saturated rings. The van der Waals surface area contributed by atoms with Crippen molar-refractivity contribution in [1.29, 1.82) is 0 Å². The van der Waals surface area contributed by atoms with Crippen LogP contribution < -0.4 is 11.1 Å². The van der Waals surface area contributed by atoms with E-state index in [0.717, 1.165) is 6.42 Å². The monoisotopic (exact) mass is 338 g/mol. The molecule has 0 aliphatic rings. The van der Waals surface area contributed by atoms with E-state index in [2.05, 4.69) is 35.8 Å². The van der Waals surface area contributed by atoms with Crippen molar-refractivity contribution in [2.45, 2.75) is 26.3 Å². The van der Waals surface area contributed by atoms with Gasteiger partial charge in [0.05, 0.1) is 6.04 Å². The predicted molar refractivity (Wildman–Crippen MR) is 95.6 cm³/mol. The molecule has 1 amide bonds. The highest BCUT2D eigenvalue weighted by Gasteiger charge is 2.20. The number of nitrogens with one attached hydrogen (secondary N) is 1. The fourth-order valence-electron chi connectivity index (χ4n) is 2.22. The second-order valence-electron chi connectivity index (χ2n) is 5.36. The summed E-state index contributed by atoms with van der Waals surface area (Å²) in [5, 5.41) is 5.22. The van der Waals surface area contributed by atoms with Crippen molar-refractivity contribution in [3.63, 3.8) is 0 Å². The summed E-state index contributed by atoms with van der Waals surface area (Å²) in [5.74, 6) is -0.144. The minimum atomic E-state index is -0.163. The van der Waals surface area contributed by atoms with Crippen LogP contribution in [0.15, 0.2) is 41.8 Å². The number of hydrogen-bond donors (Lipinski definition) is 2. The first-order valence-corrected chi connectivity index (χ1v) is 8.08. The van der Waals surface area contributed by atoms with E-state index in [1.54, 1.807) is 11.3 Å². The van der Waals surface area contributed by atoms with Crippen LogP contribution in [0.2, 0.25) is 0 Å². The Labute approximate surface area is 142 Å². The van der Waals surface area contributed by atoms with Crippen molar-refractivity contribution >= 4 is 29.7 Å². The molecule has 0 spiro atoms. The van der Waals surface area contributed by atoms with E-state index >= 15 is 0 Å². The Balaban J connectivity index is 0.00000242. The Morgan fingerprint density at radius 1 is 1.27 bits per heavy atom. The summed E-state index contributed by atoms with van der Waals surface area (Å²) in [5.41, 5.74) is 8.03. The summed E-state index contributed by atoms with van der Waals surface area (Å²) in [6.45, 7) is 4.31. The van der Waals surface area contributed by atoms with Crippen LogP contribution in [0.5, 0.6) is 0 Å². The Bertz CT molecular complexity index is 585. The van der Waals surface area contributed by atoms with Crippen LogP contribution in [0.3, 0.4) is 0 Å². The number of carbonyl (C=O) groups is 1. The lowest BCUT2D eigenvalue weighted by Gasteiger charge is -2.21. The van der Waals surface area contributed by atoms with E-state index in [9.17, 15) is 4.79 Å². The van der Waals surface area contributed by atoms with Gasteiger partial charge in [0, 0.05) is 17.3 Å². The number of amides is 1. The van der Waals surface area contributed by atoms with Gasteiger partial charge in [0.1, 0.15) is 0 Å². The van der Waals surface area contributed by atoms with Gasteiger partial charge >= 0.3 is 0 Å². The van der Waals surface area contributed by atoms with Gasteiger partial charge < -0.3 is 11.1 Å². The van der Waals surface area contributed by atoms with E-state index in [0.29, 0.717) is 6.54 Å². The van der Waals surface area contributed by atoms with Gasteiger partial charge in [-0.05, 0) is 35.9 Å². The average Bonchev–Trinajstić information content (AvgIpc) is 2.92. The van der Waals surface area contributed by atoms with Gasteiger partial charge in [0.2, 0.25) is 5.91 Å². The Hall–Kier alpha value is -1.36. The smallest absolute Gasteiger partial charge is 0.224 e. The molecule has 3 N–H and O–H groups in total. The van der Waals surface area contributed by atoms with Crippen LogP contribution in [0.25, 0.3) is 0 Å². The molecule has 2 unspecified atom stereocenters. The maximum absolute atomic E-state index is 12.2. The van der Waals surface area contributed by atoms with Crippen LogP contribution in [-0.4, -0.2) is 12.5 Å². The first kappa shape index (κ1) is 18.7. The molecule has 1 aromatic heterocycles. The summed E-state index contributed by atoms with van der Waals surface area (Å²) >= 11 is 1.69. The van der Waals surface area contributed by atoms with E-state index in [4.69, 9.17) is 5.73 Å². The van der Waals surface area contributed by atoms with Gasteiger partial charge in [-0.1, -0.05) is 37.3 Å². The minimum absolute atomic E-state index is 0. The minimum Gasteiger partial charge on any atom is -0.348 e. The zero-order valence-corrected chi connectivity index (χ0v) is 14.5. The lowest BCUT2D eigenvalue weighted by molar-refractivity contribution is -0.124. The predicted octanol–water partition coefficient (Wildman–Crippen LogP) is 3.47. The second-order valence-corrected chi connectivity index (χ2v) is 6.30. The number of aryl methyl sites for hydroxylation is 1.